The Hall–Kier alpha value is -2.36. The van der Waals surface area contributed by atoms with Crippen LogP contribution in [0, 0.1) is 18.3 Å². The average Bonchev–Trinajstić information content (AvgIpc) is 3.30. The van der Waals surface area contributed by atoms with Crippen LogP contribution in [0.5, 0.6) is 11.5 Å². The molecule has 4 heterocycles. The molecule has 1 spiro atoms. The second-order valence-corrected chi connectivity index (χ2v) is 12.1. The summed E-state index contributed by atoms with van der Waals surface area (Å²) in [5.41, 5.74) is -0.0262. The lowest BCUT2D eigenvalue weighted by atomic mass is 9.45. The minimum atomic E-state index is -1.21. The van der Waals surface area contributed by atoms with Crippen LogP contribution in [0.25, 0.3) is 0 Å². The largest absolute Gasteiger partial charge is 0.495 e. The number of carbonyl (C=O) groups is 2. The lowest BCUT2D eigenvalue weighted by Gasteiger charge is -2.66. The topological polar surface area (TPSA) is 98.8 Å². The van der Waals surface area contributed by atoms with E-state index in [0.717, 1.165) is 22.4 Å². The molecule has 5 aliphatic rings. The highest BCUT2D eigenvalue weighted by Gasteiger charge is 2.81. The summed E-state index contributed by atoms with van der Waals surface area (Å²) in [4.78, 5) is 25.1. The number of carbonyl (C=O) groups excluding carboxylic acids is 2. The molecule has 1 aromatic carbocycles. The van der Waals surface area contributed by atoms with Gasteiger partial charge in [0.25, 0.3) is 5.97 Å². The Kier molecular flexibility index (Phi) is 4.98. The van der Waals surface area contributed by atoms with Crippen LogP contribution in [0.2, 0.25) is 0 Å². The van der Waals surface area contributed by atoms with Crippen molar-refractivity contribution in [3.8, 4) is 11.5 Å². The first-order chi connectivity index (χ1) is 17.3. The van der Waals surface area contributed by atoms with E-state index in [2.05, 4.69) is 13.8 Å². The van der Waals surface area contributed by atoms with Gasteiger partial charge in [0.05, 0.1) is 7.11 Å². The van der Waals surface area contributed by atoms with Crippen molar-refractivity contribution in [2.24, 2.45) is 11.3 Å². The number of esters is 2. The third-order valence-corrected chi connectivity index (χ3v) is 9.96. The summed E-state index contributed by atoms with van der Waals surface area (Å²) >= 11 is 0. The molecular weight excluding hydrogens is 480 g/mol. The van der Waals surface area contributed by atoms with Crippen molar-refractivity contribution in [2.75, 3.05) is 14.2 Å². The molecule has 37 heavy (non-hydrogen) atoms. The molecule has 2 saturated heterocycles. The lowest BCUT2D eigenvalue weighted by molar-refractivity contribution is -0.392. The van der Waals surface area contributed by atoms with Crippen LogP contribution in [-0.2, 0) is 41.5 Å². The number of benzene rings is 1. The summed E-state index contributed by atoms with van der Waals surface area (Å²) in [5, 5.41) is 0. The maximum Gasteiger partial charge on any atom is 0.342 e. The summed E-state index contributed by atoms with van der Waals surface area (Å²) in [5.74, 6) is -0.793. The van der Waals surface area contributed by atoms with Crippen LogP contribution in [-0.4, -0.2) is 55.0 Å². The van der Waals surface area contributed by atoms with Gasteiger partial charge in [-0.25, -0.2) is 4.79 Å². The Bertz CT molecular complexity index is 1220. The molecule has 9 heteroatoms. The van der Waals surface area contributed by atoms with E-state index in [1.165, 1.54) is 6.92 Å². The predicted octanol–water partition coefficient (Wildman–Crippen LogP) is 3.98. The molecule has 3 fully saturated rings. The van der Waals surface area contributed by atoms with Gasteiger partial charge in [-0.2, -0.15) is 0 Å². The Morgan fingerprint density at radius 2 is 1.78 bits per heavy atom. The molecule has 6 atom stereocenters. The first kappa shape index (κ1) is 24.9. The van der Waals surface area contributed by atoms with E-state index in [9.17, 15) is 9.59 Å². The fraction of sp³-hybridized carbons (Fsp3) is 0.714. The predicted molar refractivity (Wildman–Crippen MR) is 129 cm³/mol. The lowest BCUT2D eigenvalue weighted by Crippen LogP contribution is -2.77. The third kappa shape index (κ3) is 2.85. The van der Waals surface area contributed by atoms with E-state index < -0.39 is 34.3 Å². The molecule has 9 nitrogen and oxygen atoms in total. The number of methoxy groups -OCH3 is 2. The molecule has 1 saturated carbocycles. The van der Waals surface area contributed by atoms with Crippen LogP contribution in [0.15, 0.2) is 0 Å². The van der Waals surface area contributed by atoms with E-state index >= 15 is 0 Å². The van der Waals surface area contributed by atoms with Crippen LogP contribution in [0.1, 0.15) is 80.9 Å². The van der Waals surface area contributed by atoms with Crippen molar-refractivity contribution in [3.05, 3.63) is 22.3 Å². The molecule has 0 amide bonds. The second-order valence-electron chi connectivity index (χ2n) is 12.1. The Morgan fingerprint density at radius 1 is 1.05 bits per heavy atom. The fourth-order valence-corrected chi connectivity index (χ4v) is 8.54. The normalized spacial score (nSPS) is 40.5. The van der Waals surface area contributed by atoms with E-state index in [0.29, 0.717) is 37.0 Å². The van der Waals surface area contributed by atoms with Crippen LogP contribution >= 0.6 is 0 Å². The maximum absolute atomic E-state index is 12.7. The standard InChI is InChI=1S/C28H36O9/c1-14-17-13-33-23(30)20(17)22(31-7)16-11-18-25(5)9-10-27(32-8)36-24(3,4)28(25,37-27)19(34-15(2)29)12-26(18,6)35-21(14)16/h18-19H,9-13H2,1-8H3/t18-,19-,25-,26+,27+,28-/m1/s1. The van der Waals surface area contributed by atoms with Crippen molar-refractivity contribution in [3.63, 3.8) is 0 Å². The highest BCUT2D eigenvalue weighted by molar-refractivity contribution is 5.98. The Balaban J connectivity index is 1.57. The zero-order chi connectivity index (χ0) is 26.8. The number of fused-ring (bicyclic) bond motifs is 5. The molecule has 6 rings (SSSR count). The van der Waals surface area contributed by atoms with E-state index in [1.54, 1.807) is 14.2 Å². The molecule has 0 N–H and O–H groups in total. The molecule has 4 aliphatic heterocycles. The van der Waals surface area contributed by atoms with Gasteiger partial charge in [0.1, 0.15) is 46.6 Å². The molecule has 2 bridgehead atoms. The maximum atomic E-state index is 12.7. The summed E-state index contributed by atoms with van der Waals surface area (Å²) < 4.78 is 43.4. The summed E-state index contributed by atoms with van der Waals surface area (Å²) in [6.45, 7) is 11.8. The number of hydrogen-bond acceptors (Lipinski definition) is 9. The van der Waals surface area contributed by atoms with Gasteiger partial charge in [0.2, 0.25) is 0 Å². The number of ether oxygens (including phenoxy) is 7. The number of hydrogen-bond donors (Lipinski definition) is 0. The highest BCUT2D eigenvalue weighted by Crippen LogP contribution is 2.71. The van der Waals surface area contributed by atoms with Gasteiger partial charge in [-0.05, 0) is 46.1 Å². The number of cyclic esters (lactones) is 1. The minimum Gasteiger partial charge on any atom is -0.495 e. The summed E-state index contributed by atoms with van der Waals surface area (Å²) in [6, 6.07) is 0. The van der Waals surface area contributed by atoms with Gasteiger partial charge in [-0.15, -0.1) is 0 Å². The minimum absolute atomic E-state index is 0.0705. The molecule has 0 unspecified atom stereocenters. The average molecular weight is 517 g/mol. The van der Waals surface area contributed by atoms with Crippen molar-refractivity contribution in [1.29, 1.82) is 0 Å². The van der Waals surface area contributed by atoms with Gasteiger partial charge >= 0.3 is 11.9 Å². The first-order valence-corrected chi connectivity index (χ1v) is 13.0. The Labute approximate surface area is 217 Å². The van der Waals surface area contributed by atoms with Gasteiger partial charge < -0.3 is 33.2 Å². The monoisotopic (exact) mass is 516 g/mol. The van der Waals surface area contributed by atoms with E-state index in [-0.39, 0.29) is 24.5 Å². The van der Waals surface area contributed by atoms with Crippen LogP contribution in [0.3, 0.4) is 0 Å². The van der Waals surface area contributed by atoms with Crippen LogP contribution in [0.4, 0.5) is 0 Å². The van der Waals surface area contributed by atoms with Gasteiger partial charge in [-0.3, -0.25) is 4.79 Å². The molecule has 1 aliphatic carbocycles. The van der Waals surface area contributed by atoms with Crippen molar-refractivity contribution >= 4 is 11.9 Å². The third-order valence-electron chi connectivity index (χ3n) is 9.96. The van der Waals surface area contributed by atoms with Gasteiger partial charge in [0.15, 0.2) is 0 Å². The quantitative estimate of drug-likeness (QED) is 0.552. The SMILES string of the molecule is COc1c2c(c(C)c3c1C(=O)OC3)O[C@@]1(C)C[C@@H](OC(C)=O)[C@]34O[C@](OC)(CC[C@]3(C)[C@H]1C2)OC4(C)C. The zero-order valence-electron chi connectivity index (χ0n) is 22.9. The van der Waals surface area contributed by atoms with Crippen molar-refractivity contribution < 1.29 is 42.7 Å². The van der Waals surface area contributed by atoms with Gasteiger partial charge in [0, 0.05) is 49.3 Å². The zero-order valence-corrected chi connectivity index (χ0v) is 22.9. The Morgan fingerprint density at radius 3 is 2.43 bits per heavy atom. The van der Waals surface area contributed by atoms with Crippen molar-refractivity contribution in [1.82, 2.24) is 0 Å². The molecule has 202 valence electrons. The first-order valence-electron chi connectivity index (χ1n) is 13.0. The molecule has 0 aromatic heterocycles. The summed E-state index contributed by atoms with van der Waals surface area (Å²) in [6.07, 6.45) is 1.60. The molecule has 0 radical (unpaired) electrons. The fourth-order valence-electron chi connectivity index (χ4n) is 8.54. The van der Waals surface area contributed by atoms with E-state index in [1.807, 2.05) is 20.8 Å². The van der Waals surface area contributed by atoms with Crippen LogP contribution < -0.4 is 9.47 Å². The second kappa shape index (κ2) is 7.39. The van der Waals surface area contributed by atoms with E-state index in [4.69, 9.17) is 33.2 Å². The summed E-state index contributed by atoms with van der Waals surface area (Å²) in [7, 11) is 3.16. The molecule has 1 aromatic rings. The number of rotatable bonds is 3. The highest BCUT2D eigenvalue weighted by atomic mass is 16.9. The molecular formula is C28H36O9. The van der Waals surface area contributed by atoms with Gasteiger partial charge in [-0.1, -0.05) is 6.92 Å². The van der Waals surface area contributed by atoms with Crippen molar-refractivity contribution in [2.45, 2.75) is 103 Å². The smallest absolute Gasteiger partial charge is 0.342 e.